The van der Waals surface area contributed by atoms with Crippen LogP contribution in [0.5, 0.6) is 0 Å². The summed E-state index contributed by atoms with van der Waals surface area (Å²) in [6.07, 6.45) is 0.885. The summed E-state index contributed by atoms with van der Waals surface area (Å²) in [5, 5.41) is 15.5. The maximum absolute atomic E-state index is 11.8. The van der Waals surface area contributed by atoms with Gasteiger partial charge in [0.25, 0.3) is 11.6 Å². The van der Waals surface area contributed by atoms with E-state index in [-0.39, 0.29) is 17.3 Å². The van der Waals surface area contributed by atoms with Gasteiger partial charge in [-0.2, -0.15) is 0 Å². The number of pyridine rings is 1. The van der Waals surface area contributed by atoms with E-state index in [0.29, 0.717) is 13.2 Å². The van der Waals surface area contributed by atoms with Crippen molar-refractivity contribution in [1.82, 2.24) is 15.6 Å². The molecule has 1 aromatic rings. The van der Waals surface area contributed by atoms with E-state index in [0.717, 1.165) is 12.3 Å². The van der Waals surface area contributed by atoms with Gasteiger partial charge in [-0.25, -0.2) is 4.98 Å². The van der Waals surface area contributed by atoms with E-state index in [1.807, 2.05) is 0 Å². The van der Waals surface area contributed by atoms with Gasteiger partial charge in [-0.1, -0.05) is 11.6 Å². The first-order chi connectivity index (χ1) is 9.95. The highest BCUT2D eigenvalue weighted by molar-refractivity contribution is 6.29. The number of ether oxygens (including phenoxy) is 1. The van der Waals surface area contributed by atoms with Crippen LogP contribution in [-0.2, 0) is 9.53 Å². The number of halogens is 1. The number of nitrogens with one attached hydrogen (secondary N) is 2. The van der Waals surface area contributed by atoms with Crippen LogP contribution >= 0.6 is 11.6 Å². The van der Waals surface area contributed by atoms with Crippen molar-refractivity contribution in [3.05, 3.63) is 33.1 Å². The molecule has 0 saturated carbocycles. The number of aromatic nitrogens is 1. The molecular weight excluding hydrogens is 304 g/mol. The highest BCUT2D eigenvalue weighted by Gasteiger charge is 2.21. The maximum atomic E-state index is 11.8. The van der Waals surface area contributed by atoms with E-state index < -0.39 is 22.4 Å². The number of nitrogens with zero attached hydrogens (tertiary/aromatic N) is 2. The smallest absolute Gasteiger partial charge is 0.300 e. The third kappa shape index (κ3) is 5.32. The molecule has 1 rings (SSSR count). The number of nitro groups is 1. The predicted molar refractivity (Wildman–Crippen MR) is 73.1 cm³/mol. The average molecular weight is 317 g/mol. The van der Waals surface area contributed by atoms with Crippen LogP contribution in [0.2, 0.25) is 5.15 Å². The van der Waals surface area contributed by atoms with Crippen molar-refractivity contribution < 1.29 is 19.2 Å². The number of hydrogen-bond acceptors (Lipinski definition) is 6. The van der Waals surface area contributed by atoms with Gasteiger partial charge in [0.2, 0.25) is 5.91 Å². The fraction of sp³-hybridized carbons (Fsp3) is 0.364. The predicted octanol–water partition coefficient (Wildman–Crippen LogP) is 0.136. The van der Waals surface area contributed by atoms with E-state index in [1.54, 1.807) is 0 Å². The SMILES string of the molecule is COCCNC(=O)CNC(=O)c1cc(Cl)ncc1[N+](=O)[O-]. The van der Waals surface area contributed by atoms with Gasteiger partial charge in [-0.15, -0.1) is 0 Å². The second-order valence-electron chi connectivity index (χ2n) is 3.81. The van der Waals surface area contributed by atoms with Crippen LogP contribution in [0.15, 0.2) is 12.3 Å². The van der Waals surface area contributed by atoms with Crippen molar-refractivity contribution in [3.8, 4) is 0 Å². The van der Waals surface area contributed by atoms with Gasteiger partial charge in [0, 0.05) is 13.7 Å². The molecule has 2 amide bonds. The number of hydrogen-bond donors (Lipinski definition) is 2. The average Bonchev–Trinajstić information content (AvgIpc) is 2.44. The van der Waals surface area contributed by atoms with Gasteiger partial charge >= 0.3 is 0 Å². The lowest BCUT2D eigenvalue weighted by Crippen LogP contribution is -2.38. The topological polar surface area (TPSA) is 123 Å². The lowest BCUT2D eigenvalue weighted by atomic mass is 10.2. The summed E-state index contributed by atoms with van der Waals surface area (Å²) in [7, 11) is 1.49. The van der Waals surface area contributed by atoms with Gasteiger partial charge in [0.05, 0.1) is 18.1 Å². The molecule has 21 heavy (non-hydrogen) atoms. The van der Waals surface area contributed by atoms with Crippen molar-refractivity contribution in [1.29, 1.82) is 0 Å². The zero-order valence-electron chi connectivity index (χ0n) is 11.1. The normalized spacial score (nSPS) is 10.0. The molecule has 0 aliphatic carbocycles. The van der Waals surface area contributed by atoms with Gasteiger partial charge in [0.1, 0.15) is 16.9 Å². The lowest BCUT2D eigenvalue weighted by molar-refractivity contribution is -0.385. The first kappa shape index (κ1) is 16.8. The van der Waals surface area contributed by atoms with Gasteiger partial charge in [-0.05, 0) is 6.07 Å². The Morgan fingerprint density at radius 1 is 1.48 bits per heavy atom. The minimum absolute atomic E-state index is 0.0599. The largest absolute Gasteiger partial charge is 0.383 e. The van der Waals surface area contributed by atoms with Crippen molar-refractivity contribution >= 4 is 29.1 Å². The molecule has 114 valence electrons. The Labute approximate surface area is 124 Å². The van der Waals surface area contributed by atoms with E-state index in [4.69, 9.17) is 16.3 Å². The second-order valence-corrected chi connectivity index (χ2v) is 4.19. The van der Waals surface area contributed by atoms with Crippen LogP contribution in [0.3, 0.4) is 0 Å². The minimum Gasteiger partial charge on any atom is -0.383 e. The number of carbonyl (C=O) groups excluding carboxylic acids is 2. The minimum atomic E-state index is -0.784. The van der Waals surface area contributed by atoms with Crippen LogP contribution in [0.1, 0.15) is 10.4 Å². The third-order valence-corrected chi connectivity index (χ3v) is 2.54. The molecule has 0 atom stereocenters. The molecule has 0 unspecified atom stereocenters. The Morgan fingerprint density at radius 3 is 2.81 bits per heavy atom. The summed E-state index contributed by atoms with van der Waals surface area (Å²) in [6, 6.07) is 1.07. The molecule has 0 aliphatic rings. The third-order valence-electron chi connectivity index (χ3n) is 2.33. The molecule has 0 spiro atoms. The Balaban J connectivity index is 2.65. The van der Waals surface area contributed by atoms with Crippen molar-refractivity contribution in [2.75, 3.05) is 26.8 Å². The van der Waals surface area contributed by atoms with Gasteiger partial charge in [-0.3, -0.25) is 19.7 Å². The fourth-order valence-corrected chi connectivity index (χ4v) is 1.52. The molecule has 1 aromatic heterocycles. The quantitative estimate of drug-likeness (QED) is 0.319. The van der Waals surface area contributed by atoms with Crippen molar-refractivity contribution in [3.63, 3.8) is 0 Å². The Morgan fingerprint density at radius 2 is 2.19 bits per heavy atom. The molecular formula is C11H13ClN4O5. The van der Waals surface area contributed by atoms with E-state index in [1.165, 1.54) is 7.11 Å². The van der Waals surface area contributed by atoms with Crippen LogP contribution < -0.4 is 10.6 Å². The van der Waals surface area contributed by atoms with Crippen LogP contribution in [0.25, 0.3) is 0 Å². The number of carbonyl (C=O) groups is 2. The monoisotopic (exact) mass is 316 g/mol. The Bertz CT molecular complexity index is 551. The molecule has 0 radical (unpaired) electrons. The Hall–Kier alpha value is -2.26. The maximum Gasteiger partial charge on any atom is 0.300 e. The lowest BCUT2D eigenvalue weighted by Gasteiger charge is -2.07. The van der Waals surface area contributed by atoms with Crippen LogP contribution in [0, 0.1) is 10.1 Å². The van der Waals surface area contributed by atoms with Gasteiger partial charge < -0.3 is 15.4 Å². The summed E-state index contributed by atoms with van der Waals surface area (Å²) >= 11 is 5.61. The zero-order valence-corrected chi connectivity index (χ0v) is 11.8. The molecule has 2 N–H and O–H groups in total. The van der Waals surface area contributed by atoms with E-state index >= 15 is 0 Å². The molecule has 0 aromatic carbocycles. The summed E-state index contributed by atoms with van der Waals surface area (Å²) < 4.78 is 4.74. The fourth-order valence-electron chi connectivity index (χ4n) is 1.36. The molecule has 0 fully saturated rings. The second kappa shape index (κ2) is 8.12. The highest BCUT2D eigenvalue weighted by Crippen LogP contribution is 2.19. The molecule has 9 nitrogen and oxygen atoms in total. The number of methoxy groups -OCH3 is 1. The van der Waals surface area contributed by atoms with E-state index in [2.05, 4.69) is 15.6 Å². The summed E-state index contributed by atoms with van der Waals surface area (Å²) in [5.74, 6) is -1.23. The highest BCUT2D eigenvalue weighted by atomic mass is 35.5. The van der Waals surface area contributed by atoms with Gasteiger partial charge in [0.15, 0.2) is 0 Å². The first-order valence-corrected chi connectivity index (χ1v) is 6.17. The zero-order chi connectivity index (χ0) is 15.8. The molecule has 0 bridgehead atoms. The van der Waals surface area contributed by atoms with Crippen LogP contribution in [-0.4, -0.2) is 48.5 Å². The standard InChI is InChI=1S/C11H13ClN4O5/c1-21-3-2-13-10(17)6-15-11(18)7-4-9(12)14-5-8(7)16(19)20/h4-5H,2-3,6H2,1H3,(H,13,17)(H,15,18). The van der Waals surface area contributed by atoms with Crippen molar-refractivity contribution in [2.24, 2.45) is 0 Å². The molecule has 0 saturated heterocycles. The van der Waals surface area contributed by atoms with Crippen molar-refractivity contribution in [2.45, 2.75) is 0 Å². The van der Waals surface area contributed by atoms with Crippen LogP contribution in [0.4, 0.5) is 5.69 Å². The summed E-state index contributed by atoms with van der Waals surface area (Å²) in [5.41, 5.74) is -0.749. The molecule has 1 heterocycles. The summed E-state index contributed by atoms with van der Waals surface area (Å²) in [4.78, 5) is 36.8. The molecule has 0 aliphatic heterocycles. The number of rotatable bonds is 7. The Kier molecular flexibility index (Phi) is 6.50. The first-order valence-electron chi connectivity index (χ1n) is 5.79. The number of amides is 2. The molecule has 10 heteroatoms. The summed E-state index contributed by atoms with van der Waals surface area (Å²) in [6.45, 7) is 0.317. The van der Waals surface area contributed by atoms with E-state index in [9.17, 15) is 19.7 Å².